The number of rotatable bonds is 2. The van der Waals surface area contributed by atoms with E-state index in [4.69, 9.17) is 11.0 Å². The van der Waals surface area contributed by atoms with Crippen LogP contribution in [0.5, 0.6) is 0 Å². The number of nitrogens with two attached hydrogens (primary N) is 1. The van der Waals surface area contributed by atoms with Crippen molar-refractivity contribution in [3.63, 3.8) is 0 Å². The van der Waals surface area contributed by atoms with Crippen molar-refractivity contribution in [1.29, 1.82) is 5.26 Å². The molecular weight excluding hydrogens is 176 g/mol. The number of hydrogen-bond acceptors (Lipinski definition) is 3. The first-order valence-electron chi connectivity index (χ1n) is 4.50. The molecule has 0 amide bonds. The normalized spacial score (nSPS) is 14.5. The van der Waals surface area contributed by atoms with Crippen molar-refractivity contribution >= 4 is 0 Å². The first kappa shape index (κ1) is 10.7. The van der Waals surface area contributed by atoms with Crippen LogP contribution in [0.2, 0.25) is 0 Å². The van der Waals surface area contributed by atoms with Gasteiger partial charge < -0.3 is 10.8 Å². The zero-order valence-electron chi connectivity index (χ0n) is 8.36. The standard InChI is InChI=1S/C11H14N2O/c1-7-3-9(6-12)5-10(4-7)11(13)8(2)14/h3-5,8,11,14H,13H2,1-2H3/t8-,11+/m1/s1. The Morgan fingerprint density at radius 2 is 2.07 bits per heavy atom. The van der Waals surface area contributed by atoms with Crippen LogP contribution in [0.25, 0.3) is 0 Å². The largest absolute Gasteiger partial charge is 0.391 e. The number of nitrogens with zero attached hydrogens (tertiary/aromatic N) is 1. The molecule has 14 heavy (non-hydrogen) atoms. The minimum Gasteiger partial charge on any atom is -0.391 e. The Bertz CT molecular complexity index is 366. The molecule has 0 saturated carbocycles. The molecule has 74 valence electrons. The van der Waals surface area contributed by atoms with Gasteiger partial charge in [0.05, 0.1) is 23.8 Å². The molecule has 3 heteroatoms. The van der Waals surface area contributed by atoms with Gasteiger partial charge in [0.25, 0.3) is 0 Å². The fraction of sp³-hybridized carbons (Fsp3) is 0.364. The third-order valence-electron chi connectivity index (χ3n) is 2.13. The molecule has 0 aromatic heterocycles. The van der Waals surface area contributed by atoms with Crippen LogP contribution in [0.3, 0.4) is 0 Å². The van der Waals surface area contributed by atoms with Gasteiger partial charge in [-0.25, -0.2) is 0 Å². The van der Waals surface area contributed by atoms with Crippen LogP contribution in [-0.4, -0.2) is 11.2 Å². The molecule has 0 spiro atoms. The van der Waals surface area contributed by atoms with Crippen LogP contribution in [0.1, 0.15) is 29.7 Å². The molecule has 0 aliphatic carbocycles. The van der Waals surface area contributed by atoms with Gasteiger partial charge >= 0.3 is 0 Å². The van der Waals surface area contributed by atoms with Crippen molar-refractivity contribution in [1.82, 2.24) is 0 Å². The molecule has 0 bridgehead atoms. The minimum atomic E-state index is -0.608. The van der Waals surface area contributed by atoms with E-state index in [2.05, 4.69) is 6.07 Å². The predicted molar refractivity (Wildman–Crippen MR) is 54.5 cm³/mol. The maximum atomic E-state index is 9.32. The van der Waals surface area contributed by atoms with E-state index in [1.54, 1.807) is 19.1 Å². The summed E-state index contributed by atoms with van der Waals surface area (Å²) >= 11 is 0. The third kappa shape index (κ3) is 2.32. The second-order valence-corrected chi connectivity index (χ2v) is 3.51. The van der Waals surface area contributed by atoms with E-state index in [1.165, 1.54) is 0 Å². The van der Waals surface area contributed by atoms with Gasteiger partial charge in [0.2, 0.25) is 0 Å². The van der Waals surface area contributed by atoms with Gasteiger partial charge in [-0.1, -0.05) is 6.07 Å². The molecule has 0 unspecified atom stereocenters. The van der Waals surface area contributed by atoms with Gasteiger partial charge in [-0.2, -0.15) is 5.26 Å². The van der Waals surface area contributed by atoms with Crippen molar-refractivity contribution in [3.05, 3.63) is 34.9 Å². The van der Waals surface area contributed by atoms with Gasteiger partial charge in [-0.3, -0.25) is 0 Å². The van der Waals surface area contributed by atoms with Crippen molar-refractivity contribution in [2.75, 3.05) is 0 Å². The van der Waals surface area contributed by atoms with E-state index in [0.29, 0.717) is 5.56 Å². The first-order valence-corrected chi connectivity index (χ1v) is 4.50. The Hall–Kier alpha value is -1.37. The highest BCUT2D eigenvalue weighted by Gasteiger charge is 2.12. The molecule has 2 atom stereocenters. The molecule has 1 rings (SSSR count). The average molecular weight is 190 g/mol. The summed E-state index contributed by atoms with van der Waals surface area (Å²) in [4.78, 5) is 0. The van der Waals surface area contributed by atoms with Crippen LogP contribution in [0.15, 0.2) is 18.2 Å². The van der Waals surface area contributed by atoms with Gasteiger partial charge in [0.1, 0.15) is 0 Å². The smallest absolute Gasteiger partial charge is 0.0991 e. The molecule has 0 heterocycles. The Morgan fingerprint density at radius 1 is 1.43 bits per heavy atom. The lowest BCUT2D eigenvalue weighted by atomic mass is 9.99. The number of aliphatic hydroxyl groups excluding tert-OH is 1. The number of nitriles is 1. The first-order chi connectivity index (χ1) is 6.54. The van der Waals surface area contributed by atoms with E-state index < -0.39 is 12.1 Å². The van der Waals surface area contributed by atoms with Gasteiger partial charge in [-0.15, -0.1) is 0 Å². The molecule has 3 nitrogen and oxygen atoms in total. The van der Waals surface area contributed by atoms with Crippen LogP contribution < -0.4 is 5.73 Å². The predicted octanol–water partition coefficient (Wildman–Crippen LogP) is 1.25. The van der Waals surface area contributed by atoms with E-state index in [9.17, 15) is 5.11 Å². The van der Waals surface area contributed by atoms with Crippen molar-refractivity contribution in [2.45, 2.75) is 26.0 Å². The minimum absolute atomic E-state index is 0.429. The van der Waals surface area contributed by atoms with Gasteiger partial charge in [0.15, 0.2) is 0 Å². The molecule has 0 saturated heterocycles. The molecule has 1 aromatic carbocycles. The molecule has 3 N–H and O–H groups in total. The second-order valence-electron chi connectivity index (χ2n) is 3.51. The number of aryl methyl sites for hydroxylation is 1. The van der Waals surface area contributed by atoms with E-state index in [0.717, 1.165) is 11.1 Å². The summed E-state index contributed by atoms with van der Waals surface area (Å²) in [6.07, 6.45) is -0.608. The monoisotopic (exact) mass is 190 g/mol. The zero-order valence-corrected chi connectivity index (χ0v) is 8.36. The summed E-state index contributed by atoms with van der Waals surface area (Å²) in [6, 6.07) is 7.03. The SMILES string of the molecule is Cc1cc(C#N)cc([C@@H](N)[C@@H](C)O)c1. The van der Waals surface area contributed by atoms with Crippen molar-refractivity contribution in [2.24, 2.45) is 5.73 Å². The highest BCUT2D eigenvalue weighted by molar-refractivity contribution is 5.38. The highest BCUT2D eigenvalue weighted by atomic mass is 16.3. The summed E-state index contributed by atoms with van der Waals surface area (Å²) < 4.78 is 0. The van der Waals surface area contributed by atoms with Crippen LogP contribution in [-0.2, 0) is 0 Å². The molecule has 1 aromatic rings. The quantitative estimate of drug-likeness (QED) is 0.737. The second kappa shape index (κ2) is 4.23. The van der Waals surface area contributed by atoms with E-state index in [1.807, 2.05) is 13.0 Å². The summed E-state index contributed by atoms with van der Waals surface area (Å²) in [5.41, 5.74) is 8.13. The van der Waals surface area contributed by atoms with Crippen LogP contribution in [0, 0.1) is 18.3 Å². The van der Waals surface area contributed by atoms with Gasteiger partial charge in [-0.05, 0) is 37.1 Å². The van der Waals surface area contributed by atoms with Gasteiger partial charge in [0, 0.05) is 0 Å². The fourth-order valence-corrected chi connectivity index (χ4v) is 1.35. The maximum Gasteiger partial charge on any atom is 0.0991 e. The van der Waals surface area contributed by atoms with Crippen molar-refractivity contribution in [3.8, 4) is 6.07 Å². The molecular formula is C11H14N2O. The molecule has 0 aliphatic heterocycles. The van der Waals surface area contributed by atoms with E-state index >= 15 is 0 Å². The van der Waals surface area contributed by atoms with Crippen molar-refractivity contribution < 1.29 is 5.11 Å². The summed E-state index contributed by atoms with van der Waals surface area (Å²) in [5.74, 6) is 0. The Kier molecular flexibility index (Phi) is 3.23. The van der Waals surface area contributed by atoms with Crippen LogP contribution in [0.4, 0.5) is 0 Å². The Labute approximate surface area is 83.8 Å². The number of aliphatic hydroxyl groups is 1. The summed E-state index contributed by atoms with van der Waals surface area (Å²) in [6.45, 7) is 3.54. The lowest BCUT2D eigenvalue weighted by Crippen LogP contribution is -2.23. The number of hydrogen-bond donors (Lipinski definition) is 2. The average Bonchev–Trinajstić information content (AvgIpc) is 2.15. The summed E-state index contributed by atoms with van der Waals surface area (Å²) in [5, 5.41) is 18.1. The molecule has 0 aliphatic rings. The highest BCUT2D eigenvalue weighted by Crippen LogP contribution is 2.17. The summed E-state index contributed by atoms with van der Waals surface area (Å²) in [7, 11) is 0. The topological polar surface area (TPSA) is 70.0 Å². The third-order valence-corrected chi connectivity index (χ3v) is 2.13. The Morgan fingerprint density at radius 3 is 2.57 bits per heavy atom. The fourth-order valence-electron chi connectivity index (χ4n) is 1.35. The maximum absolute atomic E-state index is 9.32. The lowest BCUT2D eigenvalue weighted by Gasteiger charge is -2.15. The molecule has 0 fully saturated rings. The van der Waals surface area contributed by atoms with Crippen LogP contribution >= 0.6 is 0 Å². The Balaban J connectivity index is 3.10. The molecule has 0 radical (unpaired) electrons. The number of benzene rings is 1. The lowest BCUT2D eigenvalue weighted by molar-refractivity contribution is 0.164. The zero-order chi connectivity index (χ0) is 10.7. The van der Waals surface area contributed by atoms with E-state index in [-0.39, 0.29) is 0 Å².